The first-order valence-electron chi connectivity index (χ1n) is 8.82. The van der Waals surface area contributed by atoms with E-state index >= 15 is 0 Å². The van der Waals surface area contributed by atoms with Crippen molar-refractivity contribution < 1.29 is 22.4 Å². The van der Waals surface area contributed by atoms with Crippen LogP contribution in [0.15, 0.2) is 57.8 Å². The molecule has 1 amide bonds. The van der Waals surface area contributed by atoms with Gasteiger partial charge < -0.3 is 4.42 Å². The highest BCUT2D eigenvalue weighted by Crippen LogP contribution is 2.31. The van der Waals surface area contributed by atoms with Gasteiger partial charge in [0.25, 0.3) is 0 Å². The van der Waals surface area contributed by atoms with E-state index in [1.54, 1.807) is 11.8 Å². The molecule has 29 heavy (non-hydrogen) atoms. The quantitative estimate of drug-likeness (QED) is 0.399. The van der Waals surface area contributed by atoms with Crippen molar-refractivity contribution in [1.29, 1.82) is 0 Å². The van der Waals surface area contributed by atoms with Gasteiger partial charge in [-0.25, -0.2) is 0 Å². The van der Waals surface area contributed by atoms with E-state index < -0.39 is 11.7 Å². The van der Waals surface area contributed by atoms with Crippen LogP contribution < -0.4 is 5.32 Å². The summed E-state index contributed by atoms with van der Waals surface area (Å²) in [5.41, 5.74) is 0.766. The topological polar surface area (TPSA) is 68.0 Å². The molecule has 0 radical (unpaired) electrons. The van der Waals surface area contributed by atoms with Gasteiger partial charge in [-0.2, -0.15) is 13.2 Å². The predicted molar refractivity (Wildman–Crippen MR) is 105 cm³/mol. The number of thioether (sulfide) groups is 1. The summed E-state index contributed by atoms with van der Waals surface area (Å²) in [5, 5.41) is 9.97. The number of aromatic nitrogens is 2. The Morgan fingerprint density at radius 3 is 2.41 bits per heavy atom. The van der Waals surface area contributed by atoms with Gasteiger partial charge >= 0.3 is 12.2 Å². The first-order valence-corrected chi connectivity index (χ1v) is 9.80. The second-order valence-corrected chi connectivity index (χ2v) is 7.47. The smallest absolute Gasteiger partial charge is 0.403 e. The normalized spacial score (nSPS) is 11.4. The van der Waals surface area contributed by atoms with Gasteiger partial charge in [0.05, 0.1) is 5.56 Å². The Bertz CT molecular complexity index is 954. The predicted octanol–water partition coefficient (Wildman–Crippen LogP) is 5.57. The van der Waals surface area contributed by atoms with Gasteiger partial charge in [-0.15, -0.1) is 16.9 Å². The van der Waals surface area contributed by atoms with Crippen LogP contribution in [0.25, 0.3) is 11.5 Å². The number of nitrogens with zero attached hydrogens (tertiary/aromatic N) is 2. The lowest BCUT2D eigenvalue weighted by Crippen LogP contribution is -2.11. The zero-order valence-electron chi connectivity index (χ0n) is 15.5. The molecule has 0 aliphatic heterocycles. The highest BCUT2D eigenvalue weighted by atomic mass is 32.2. The molecule has 1 heterocycles. The largest absolute Gasteiger partial charge is 0.416 e. The fourth-order valence-corrected chi connectivity index (χ4v) is 3.28. The molecule has 0 unspecified atom stereocenters. The Morgan fingerprint density at radius 1 is 1.07 bits per heavy atom. The van der Waals surface area contributed by atoms with Crippen molar-refractivity contribution in [2.45, 2.75) is 30.8 Å². The third-order valence-corrected chi connectivity index (χ3v) is 5.07. The molecule has 9 heteroatoms. The molecule has 0 saturated carbocycles. The molecule has 2 aromatic carbocycles. The standard InChI is InChI=1S/C20H18F3N3O2S/c1-13-4-10-16(11-5-13)29-12-2-3-17(27)24-19-26-25-18(28-19)14-6-8-15(9-7-14)20(21,22)23/h4-11H,2-3,12H2,1H3,(H,24,26,27). The van der Waals surface area contributed by atoms with E-state index in [4.69, 9.17) is 4.42 Å². The van der Waals surface area contributed by atoms with E-state index in [1.807, 2.05) is 31.2 Å². The van der Waals surface area contributed by atoms with Crippen LogP contribution in [0.5, 0.6) is 0 Å². The van der Waals surface area contributed by atoms with Gasteiger partial charge in [-0.3, -0.25) is 10.1 Å². The van der Waals surface area contributed by atoms with Crippen molar-refractivity contribution in [1.82, 2.24) is 10.2 Å². The number of anilines is 1. The SMILES string of the molecule is Cc1ccc(SCCCC(=O)Nc2nnc(-c3ccc(C(F)(F)F)cc3)o2)cc1. The lowest BCUT2D eigenvalue weighted by Gasteiger charge is -2.05. The number of benzene rings is 2. The van der Waals surface area contributed by atoms with Gasteiger partial charge in [0.2, 0.25) is 11.8 Å². The number of hydrogen-bond donors (Lipinski definition) is 1. The van der Waals surface area contributed by atoms with Crippen LogP contribution in [-0.2, 0) is 11.0 Å². The third kappa shape index (κ3) is 6.08. The van der Waals surface area contributed by atoms with Crippen LogP contribution >= 0.6 is 11.8 Å². The first kappa shape index (κ1) is 20.9. The molecule has 3 aromatic rings. The maximum atomic E-state index is 12.6. The minimum Gasteiger partial charge on any atom is -0.403 e. The molecule has 0 spiro atoms. The van der Waals surface area contributed by atoms with Gasteiger partial charge in [0.1, 0.15) is 0 Å². The number of amides is 1. The summed E-state index contributed by atoms with van der Waals surface area (Å²) in [6.45, 7) is 2.03. The minimum absolute atomic E-state index is 0.0314. The first-order chi connectivity index (χ1) is 13.8. The Balaban J connectivity index is 1.46. The number of hydrogen-bond acceptors (Lipinski definition) is 5. The Morgan fingerprint density at radius 2 is 1.76 bits per heavy atom. The van der Waals surface area contributed by atoms with E-state index in [2.05, 4.69) is 15.5 Å². The molecule has 1 N–H and O–H groups in total. The summed E-state index contributed by atoms with van der Waals surface area (Å²) >= 11 is 1.67. The van der Waals surface area contributed by atoms with E-state index in [0.717, 1.165) is 22.8 Å². The second kappa shape index (κ2) is 9.13. The molecule has 0 atom stereocenters. The van der Waals surface area contributed by atoms with Crippen molar-refractivity contribution in [3.05, 3.63) is 59.7 Å². The molecule has 5 nitrogen and oxygen atoms in total. The van der Waals surface area contributed by atoms with Gasteiger partial charge in [-0.05, 0) is 55.5 Å². The van der Waals surface area contributed by atoms with Crippen LogP contribution in [0.4, 0.5) is 19.2 Å². The monoisotopic (exact) mass is 421 g/mol. The number of alkyl halides is 3. The number of carbonyl (C=O) groups excluding carboxylic acids is 1. The number of carbonyl (C=O) groups is 1. The molecule has 0 saturated heterocycles. The number of rotatable bonds is 7. The molecule has 1 aromatic heterocycles. The highest BCUT2D eigenvalue weighted by molar-refractivity contribution is 7.99. The second-order valence-electron chi connectivity index (χ2n) is 6.30. The van der Waals surface area contributed by atoms with E-state index in [9.17, 15) is 18.0 Å². The van der Waals surface area contributed by atoms with Crippen molar-refractivity contribution in [2.75, 3.05) is 11.1 Å². The maximum Gasteiger partial charge on any atom is 0.416 e. The van der Waals surface area contributed by atoms with Crippen molar-refractivity contribution in [3.8, 4) is 11.5 Å². The van der Waals surface area contributed by atoms with Crippen molar-refractivity contribution in [2.24, 2.45) is 0 Å². The summed E-state index contributed by atoms with van der Waals surface area (Å²) in [7, 11) is 0. The Kier molecular flexibility index (Phi) is 6.58. The van der Waals surface area contributed by atoms with Gasteiger partial charge in [0, 0.05) is 16.9 Å². The molecular formula is C20H18F3N3O2S. The Labute approximate surface area is 169 Å². The summed E-state index contributed by atoms with van der Waals surface area (Å²) in [6, 6.07) is 12.4. The van der Waals surface area contributed by atoms with E-state index in [1.165, 1.54) is 17.7 Å². The number of halogens is 3. The van der Waals surface area contributed by atoms with E-state index in [-0.39, 0.29) is 24.2 Å². The maximum absolute atomic E-state index is 12.6. The molecule has 0 bridgehead atoms. The average Bonchev–Trinajstić information content (AvgIpc) is 3.14. The van der Waals surface area contributed by atoms with Crippen molar-refractivity contribution in [3.63, 3.8) is 0 Å². The van der Waals surface area contributed by atoms with Crippen molar-refractivity contribution >= 4 is 23.7 Å². The number of nitrogens with one attached hydrogen (secondary N) is 1. The molecule has 3 rings (SSSR count). The fourth-order valence-electron chi connectivity index (χ4n) is 2.43. The van der Waals surface area contributed by atoms with Crippen LogP contribution in [0.1, 0.15) is 24.0 Å². The third-order valence-electron chi connectivity index (χ3n) is 3.97. The van der Waals surface area contributed by atoms with Gasteiger partial charge in [-0.1, -0.05) is 22.8 Å². The molecular weight excluding hydrogens is 403 g/mol. The Hall–Kier alpha value is -2.81. The minimum atomic E-state index is -4.41. The zero-order chi connectivity index (χ0) is 20.9. The van der Waals surface area contributed by atoms with E-state index in [0.29, 0.717) is 12.0 Å². The van der Waals surface area contributed by atoms with Crippen LogP contribution in [0.3, 0.4) is 0 Å². The average molecular weight is 421 g/mol. The summed E-state index contributed by atoms with van der Waals surface area (Å²) in [5.74, 6) is 0.554. The number of aryl methyl sites for hydroxylation is 1. The van der Waals surface area contributed by atoms with Gasteiger partial charge in [0.15, 0.2) is 0 Å². The molecule has 0 aliphatic rings. The lowest BCUT2D eigenvalue weighted by molar-refractivity contribution is -0.137. The van der Waals surface area contributed by atoms with Crippen LogP contribution in [0.2, 0.25) is 0 Å². The van der Waals surface area contributed by atoms with Crippen LogP contribution in [0, 0.1) is 6.92 Å². The summed E-state index contributed by atoms with van der Waals surface area (Å²) < 4.78 is 43.1. The molecule has 0 aliphatic carbocycles. The fraction of sp³-hybridized carbons (Fsp3) is 0.250. The van der Waals surface area contributed by atoms with Crippen LogP contribution in [-0.4, -0.2) is 21.9 Å². The zero-order valence-corrected chi connectivity index (χ0v) is 16.3. The lowest BCUT2D eigenvalue weighted by atomic mass is 10.1. The summed E-state index contributed by atoms with van der Waals surface area (Å²) in [6.07, 6.45) is -3.45. The molecule has 152 valence electrons. The summed E-state index contributed by atoms with van der Waals surface area (Å²) in [4.78, 5) is 13.1. The highest BCUT2D eigenvalue weighted by Gasteiger charge is 2.30. The molecule has 0 fully saturated rings.